The highest BCUT2D eigenvalue weighted by Crippen LogP contribution is 2.65. The van der Waals surface area contributed by atoms with Gasteiger partial charge in [-0.15, -0.1) is 0 Å². The van der Waals surface area contributed by atoms with Gasteiger partial charge in [-0.25, -0.2) is 0 Å². The fourth-order valence-electron chi connectivity index (χ4n) is 8.30. The van der Waals surface area contributed by atoms with Gasteiger partial charge in [0, 0.05) is 24.8 Å². The Balaban J connectivity index is 1.10. The second kappa shape index (κ2) is 10.4. The van der Waals surface area contributed by atoms with Gasteiger partial charge < -0.3 is 20.3 Å². The van der Waals surface area contributed by atoms with Gasteiger partial charge in [-0.1, -0.05) is 25.5 Å². The highest BCUT2D eigenvalue weighted by molar-refractivity contribution is 5.91. The maximum atomic E-state index is 12.7. The molecule has 1 amide bonds. The number of amides is 1. The molecule has 0 saturated heterocycles. The van der Waals surface area contributed by atoms with Crippen LogP contribution in [0.1, 0.15) is 83.6 Å². The molecule has 0 bridgehead atoms. The molecule has 4 aliphatic carbocycles. The van der Waals surface area contributed by atoms with Crippen LogP contribution in [-0.4, -0.2) is 40.5 Å². The van der Waals surface area contributed by atoms with Crippen molar-refractivity contribution >= 4 is 17.7 Å². The standard InChI is InChI=1S/C31H41NO6/c1-30-14-11-21(33)18-20(30)4-5-22-23-6-8-27(31(23,2)15-12-24(22)30)38-29(37)10-9-28(36)32-16-13-19-3-7-25(34)26(35)17-19/h3,7,17-18,22-24,27,34-35H,4-6,8-16H2,1-2H3,(H,32,36)/t22-,23-,24-,27-,30-,31-/m0/s1. The van der Waals surface area contributed by atoms with E-state index in [1.165, 1.54) is 17.7 Å². The number of phenols is 2. The molecule has 3 saturated carbocycles. The second-order valence-corrected chi connectivity index (χ2v) is 12.5. The Hall–Kier alpha value is -2.83. The molecule has 7 heteroatoms. The monoisotopic (exact) mass is 523 g/mol. The molecule has 0 heterocycles. The normalized spacial score (nSPS) is 33.9. The van der Waals surface area contributed by atoms with E-state index in [0.29, 0.717) is 37.1 Å². The summed E-state index contributed by atoms with van der Waals surface area (Å²) in [6.07, 6.45) is 10.4. The first-order chi connectivity index (χ1) is 18.1. The third-order valence-electron chi connectivity index (χ3n) is 10.5. The first-order valence-corrected chi connectivity index (χ1v) is 14.3. The summed E-state index contributed by atoms with van der Waals surface area (Å²) in [5, 5.41) is 21.8. The number of allylic oxidation sites excluding steroid dienone is 1. The number of nitrogens with one attached hydrogen (secondary N) is 1. The maximum absolute atomic E-state index is 12.7. The van der Waals surface area contributed by atoms with E-state index in [1.807, 2.05) is 6.08 Å². The van der Waals surface area contributed by atoms with Crippen LogP contribution in [0.25, 0.3) is 0 Å². The van der Waals surface area contributed by atoms with E-state index in [2.05, 4.69) is 19.2 Å². The van der Waals surface area contributed by atoms with Crippen molar-refractivity contribution in [1.82, 2.24) is 5.32 Å². The molecule has 4 aliphatic rings. The number of esters is 1. The van der Waals surface area contributed by atoms with E-state index in [-0.39, 0.29) is 58.9 Å². The van der Waals surface area contributed by atoms with Gasteiger partial charge in [-0.2, -0.15) is 0 Å². The lowest BCUT2D eigenvalue weighted by Gasteiger charge is -2.57. The Morgan fingerprint density at radius 2 is 1.82 bits per heavy atom. The third kappa shape index (κ3) is 4.96. The zero-order chi connectivity index (χ0) is 27.1. The first-order valence-electron chi connectivity index (χ1n) is 14.3. The molecule has 0 unspecified atom stereocenters. The molecule has 0 spiro atoms. The van der Waals surface area contributed by atoms with Crippen LogP contribution in [0.2, 0.25) is 0 Å². The molecular formula is C31H41NO6. The Bertz CT molecular complexity index is 1140. The van der Waals surface area contributed by atoms with E-state index in [0.717, 1.165) is 50.5 Å². The van der Waals surface area contributed by atoms with E-state index in [9.17, 15) is 24.6 Å². The summed E-state index contributed by atoms with van der Waals surface area (Å²) in [6.45, 7) is 5.08. The number of ketones is 1. The van der Waals surface area contributed by atoms with Crippen molar-refractivity contribution in [1.29, 1.82) is 0 Å². The highest BCUT2D eigenvalue weighted by atomic mass is 16.5. The molecule has 5 rings (SSSR count). The minimum atomic E-state index is -0.302. The van der Waals surface area contributed by atoms with Crippen molar-refractivity contribution in [3.05, 3.63) is 35.4 Å². The predicted molar refractivity (Wildman–Crippen MR) is 142 cm³/mol. The van der Waals surface area contributed by atoms with Crippen LogP contribution in [0.3, 0.4) is 0 Å². The van der Waals surface area contributed by atoms with Crippen molar-refractivity contribution < 1.29 is 29.3 Å². The first kappa shape index (κ1) is 26.8. The second-order valence-electron chi connectivity index (χ2n) is 12.5. The minimum absolute atomic E-state index is 0.0170. The fraction of sp³-hybridized carbons (Fsp3) is 0.645. The lowest BCUT2D eigenvalue weighted by molar-refractivity contribution is -0.160. The van der Waals surface area contributed by atoms with Crippen LogP contribution in [0.4, 0.5) is 0 Å². The van der Waals surface area contributed by atoms with E-state index >= 15 is 0 Å². The highest BCUT2D eigenvalue weighted by Gasteiger charge is 2.59. The van der Waals surface area contributed by atoms with Crippen molar-refractivity contribution in [2.75, 3.05) is 6.54 Å². The zero-order valence-electron chi connectivity index (χ0n) is 22.6. The molecule has 6 atom stereocenters. The van der Waals surface area contributed by atoms with Crippen molar-refractivity contribution in [3.63, 3.8) is 0 Å². The molecule has 0 aliphatic heterocycles. The summed E-state index contributed by atoms with van der Waals surface area (Å²) in [5.41, 5.74) is 2.30. The quantitative estimate of drug-likeness (QED) is 0.343. The van der Waals surface area contributed by atoms with Crippen LogP contribution in [0.15, 0.2) is 29.8 Å². The zero-order valence-corrected chi connectivity index (χ0v) is 22.6. The van der Waals surface area contributed by atoms with Gasteiger partial charge in [0.2, 0.25) is 5.91 Å². The van der Waals surface area contributed by atoms with Gasteiger partial charge in [0.1, 0.15) is 6.10 Å². The smallest absolute Gasteiger partial charge is 0.306 e. The number of rotatable bonds is 7. The molecular weight excluding hydrogens is 482 g/mol. The summed E-state index contributed by atoms with van der Waals surface area (Å²) in [6, 6.07) is 4.59. The van der Waals surface area contributed by atoms with Gasteiger partial charge in [0.15, 0.2) is 17.3 Å². The Kier molecular flexibility index (Phi) is 7.31. The maximum Gasteiger partial charge on any atom is 0.306 e. The molecule has 38 heavy (non-hydrogen) atoms. The Morgan fingerprint density at radius 3 is 2.61 bits per heavy atom. The molecule has 206 valence electrons. The minimum Gasteiger partial charge on any atom is -0.504 e. The van der Waals surface area contributed by atoms with Crippen LogP contribution >= 0.6 is 0 Å². The van der Waals surface area contributed by atoms with E-state index < -0.39 is 0 Å². The number of hydrogen-bond acceptors (Lipinski definition) is 6. The average molecular weight is 524 g/mol. The summed E-state index contributed by atoms with van der Waals surface area (Å²) in [5.74, 6) is 1.20. The van der Waals surface area contributed by atoms with Gasteiger partial charge in [-0.3, -0.25) is 14.4 Å². The van der Waals surface area contributed by atoms with Crippen molar-refractivity contribution in [3.8, 4) is 11.5 Å². The molecule has 1 aromatic carbocycles. The number of benzene rings is 1. The Labute approximate surface area is 225 Å². The van der Waals surface area contributed by atoms with Crippen LogP contribution in [0, 0.1) is 28.6 Å². The lowest BCUT2D eigenvalue weighted by Crippen LogP contribution is -2.51. The topological polar surface area (TPSA) is 113 Å². The Morgan fingerprint density at radius 1 is 1.00 bits per heavy atom. The number of carbonyl (C=O) groups excluding carboxylic acids is 3. The van der Waals surface area contributed by atoms with Crippen LogP contribution in [-0.2, 0) is 25.5 Å². The summed E-state index contributed by atoms with van der Waals surface area (Å²) < 4.78 is 6.03. The fourth-order valence-corrected chi connectivity index (χ4v) is 8.30. The molecule has 0 aromatic heterocycles. The average Bonchev–Trinajstić information content (AvgIpc) is 3.21. The van der Waals surface area contributed by atoms with E-state index in [4.69, 9.17) is 4.74 Å². The summed E-state index contributed by atoms with van der Waals surface area (Å²) in [7, 11) is 0. The third-order valence-corrected chi connectivity index (χ3v) is 10.5. The van der Waals surface area contributed by atoms with Crippen LogP contribution < -0.4 is 5.32 Å². The number of ether oxygens (including phenoxy) is 1. The van der Waals surface area contributed by atoms with Gasteiger partial charge >= 0.3 is 5.97 Å². The van der Waals surface area contributed by atoms with E-state index in [1.54, 1.807) is 6.07 Å². The molecule has 0 radical (unpaired) electrons. The molecule has 3 N–H and O–H groups in total. The van der Waals surface area contributed by atoms with Gasteiger partial charge in [0.25, 0.3) is 0 Å². The SMILES string of the molecule is C[C@]12CC[C@H]3[C@@H](CCC4=CC(=O)CC[C@@]43C)[C@@H]1CC[C@@H]2OC(=O)CCC(=O)NCCc1ccc(O)c(O)c1. The van der Waals surface area contributed by atoms with Gasteiger partial charge in [0.05, 0.1) is 6.42 Å². The number of fused-ring (bicyclic) bond motifs is 5. The summed E-state index contributed by atoms with van der Waals surface area (Å²) in [4.78, 5) is 37.1. The molecule has 3 fully saturated rings. The molecule has 1 aromatic rings. The van der Waals surface area contributed by atoms with Crippen molar-refractivity contribution in [2.24, 2.45) is 28.6 Å². The molecule has 7 nitrogen and oxygen atoms in total. The number of hydrogen-bond donors (Lipinski definition) is 3. The lowest BCUT2D eigenvalue weighted by atomic mass is 9.47. The van der Waals surface area contributed by atoms with Gasteiger partial charge in [-0.05, 0) is 98.3 Å². The summed E-state index contributed by atoms with van der Waals surface area (Å²) >= 11 is 0. The number of carbonyl (C=O) groups is 3. The largest absolute Gasteiger partial charge is 0.504 e. The number of aromatic hydroxyl groups is 2. The van der Waals surface area contributed by atoms with Crippen molar-refractivity contribution in [2.45, 2.75) is 90.6 Å². The van der Waals surface area contributed by atoms with Crippen LogP contribution in [0.5, 0.6) is 11.5 Å². The number of phenolic OH excluding ortho intramolecular Hbond substituents is 2. The predicted octanol–water partition coefficient (Wildman–Crippen LogP) is 4.98.